The van der Waals surface area contributed by atoms with Crippen LogP contribution in [0, 0.1) is 0 Å². The molecule has 3 aromatic carbocycles. The summed E-state index contributed by atoms with van der Waals surface area (Å²) in [7, 11) is 0. The minimum absolute atomic E-state index is 0.164. The van der Waals surface area contributed by atoms with Crippen molar-refractivity contribution in [3.63, 3.8) is 0 Å². The van der Waals surface area contributed by atoms with Gasteiger partial charge in [0.25, 0.3) is 0 Å². The Morgan fingerprint density at radius 2 is 1.40 bits per heavy atom. The number of phenols is 2. The van der Waals surface area contributed by atoms with Crippen molar-refractivity contribution in [1.29, 1.82) is 0 Å². The van der Waals surface area contributed by atoms with Crippen LogP contribution in [-0.2, 0) is 16.1 Å². The Morgan fingerprint density at radius 3 is 1.96 bits per heavy atom. The van der Waals surface area contributed by atoms with Crippen molar-refractivity contribution in [2.45, 2.75) is 13.5 Å². The third-order valence-electron chi connectivity index (χ3n) is 3.92. The van der Waals surface area contributed by atoms with Crippen molar-refractivity contribution in [3.8, 4) is 33.8 Å². The van der Waals surface area contributed by atoms with Gasteiger partial charge in [-0.1, -0.05) is 42.5 Å². The highest BCUT2D eigenvalue weighted by molar-refractivity contribution is 5.86. The molecule has 0 fully saturated rings. The second-order valence-electron chi connectivity index (χ2n) is 5.71. The monoisotopic (exact) mass is 334 g/mol. The molecule has 0 saturated carbocycles. The summed E-state index contributed by atoms with van der Waals surface area (Å²) < 4.78 is 5.20. The van der Waals surface area contributed by atoms with Crippen LogP contribution in [0.5, 0.6) is 11.5 Å². The van der Waals surface area contributed by atoms with Gasteiger partial charge in [-0.25, -0.2) is 0 Å². The molecule has 0 amide bonds. The molecular formula is C21H18O4. The van der Waals surface area contributed by atoms with E-state index in [2.05, 4.69) is 0 Å². The summed E-state index contributed by atoms with van der Waals surface area (Å²) >= 11 is 0. The predicted octanol–water partition coefficient (Wildman–Crippen LogP) is 4.49. The zero-order valence-electron chi connectivity index (χ0n) is 13.8. The first-order valence-corrected chi connectivity index (χ1v) is 7.88. The summed E-state index contributed by atoms with van der Waals surface area (Å²) in [6, 6.07) is 19.6. The number of aromatic hydroxyl groups is 2. The van der Waals surface area contributed by atoms with Gasteiger partial charge in [0.05, 0.1) is 0 Å². The highest BCUT2D eigenvalue weighted by atomic mass is 16.5. The first-order chi connectivity index (χ1) is 12.0. The molecule has 0 unspecified atom stereocenters. The molecule has 0 atom stereocenters. The summed E-state index contributed by atoms with van der Waals surface area (Å²) in [6.07, 6.45) is 0. The van der Waals surface area contributed by atoms with Gasteiger partial charge in [0.2, 0.25) is 0 Å². The maximum atomic E-state index is 11.2. The van der Waals surface area contributed by atoms with Crippen LogP contribution in [0.2, 0.25) is 0 Å². The van der Waals surface area contributed by atoms with E-state index in [1.54, 1.807) is 24.3 Å². The van der Waals surface area contributed by atoms with E-state index >= 15 is 0 Å². The Bertz CT molecular complexity index is 881. The average Bonchev–Trinajstić information content (AvgIpc) is 2.61. The summed E-state index contributed by atoms with van der Waals surface area (Å²) in [5.74, 6) is 0.0464. The first-order valence-electron chi connectivity index (χ1n) is 7.88. The topological polar surface area (TPSA) is 66.8 Å². The van der Waals surface area contributed by atoms with Crippen LogP contribution >= 0.6 is 0 Å². The van der Waals surface area contributed by atoms with Crippen LogP contribution in [0.15, 0.2) is 66.7 Å². The fourth-order valence-corrected chi connectivity index (χ4v) is 2.75. The van der Waals surface area contributed by atoms with Crippen molar-refractivity contribution in [1.82, 2.24) is 0 Å². The van der Waals surface area contributed by atoms with E-state index in [4.69, 9.17) is 4.74 Å². The van der Waals surface area contributed by atoms with Crippen LogP contribution in [0.4, 0.5) is 0 Å². The van der Waals surface area contributed by atoms with Crippen molar-refractivity contribution in [2.75, 3.05) is 0 Å². The van der Waals surface area contributed by atoms with Gasteiger partial charge >= 0.3 is 5.97 Å². The van der Waals surface area contributed by atoms with Gasteiger partial charge < -0.3 is 14.9 Å². The number of hydrogen-bond donors (Lipinski definition) is 2. The summed E-state index contributed by atoms with van der Waals surface area (Å²) in [6.45, 7) is 1.54. The van der Waals surface area contributed by atoms with Crippen molar-refractivity contribution >= 4 is 5.97 Å². The number of ether oxygens (including phenoxy) is 1. The normalized spacial score (nSPS) is 10.4. The summed E-state index contributed by atoms with van der Waals surface area (Å²) in [5.41, 5.74) is 4.59. The second-order valence-corrected chi connectivity index (χ2v) is 5.71. The van der Waals surface area contributed by atoms with Gasteiger partial charge in [0.15, 0.2) is 0 Å². The van der Waals surface area contributed by atoms with E-state index in [0.29, 0.717) is 0 Å². The molecule has 2 N–H and O–H groups in total. The van der Waals surface area contributed by atoms with Crippen molar-refractivity contribution in [3.05, 3.63) is 72.3 Å². The number of rotatable bonds is 4. The molecule has 0 bridgehead atoms. The van der Waals surface area contributed by atoms with Crippen molar-refractivity contribution in [2.24, 2.45) is 0 Å². The Hall–Kier alpha value is -3.27. The van der Waals surface area contributed by atoms with Gasteiger partial charge in [0.1, 0.15) is 18.1 Å². The molecule has 4 nitrogen and oxygen atoms in total. The fraction of sp³-hybridized carbons (Fsp3) is 0.0952. The molecule has 0 aliphatic heterocycles. The summed E-state index contributed by atoms with van der Waals surface area (Å²) in [5, 5.41) is 19.1. The number of carbonyl (C=O) groups excluding carboxylic acids is 1. The zero-order chi connectivity index (χ0) is 17.8. The number of esters is 1. The van der Waals surface area contributed by atoms with Crippen LogP contribution in [0.3, 0.4) is 0 Å². The Kier molecular flexibility index (Phi) is 4.70. The molecule has 0 aromatic heterocycles. The number of benzene rings is 3. The molecule has 3 rings (SSSR count). The maximum absolute atomic E-state index is 11.2. The largest absolute Gasteiger partial charge is 0.508 e. The molecular weight excluding hydrogens is 316 g/mol. The van der Waals surface area contributed by atoms with E-state index in [0.717, 1.165) is 27.8 Å². The molecule has 0 spiro atoms. The van der Waals surface area contributed by atoms with Gasteiger partial charge in [-0.15, -0.1) is 0 Å². The molecule has 0 heterocycles. The molecule has 4 heteroatoms. The molecule has 0 aliphatic carbocycles. The zero-order valence-corrected chi connectivity index (χ0v) is 13.8. The fourth-order valence-electron chi connectivity index (χ4n) is 2.75. The lowest BCUT2D eigenvalue weighted by atomic mass is 9.90. The van der Waals surface area contributed by atoms with Gasteiger partial charge in [-0.2, -0.15) is 0 Å². The van der Waals surface area contributed by atoms with E-state index < -0.39 is 0 Å². The standard InChI is InChI=1S/C21H18O4/c1-14(22)25-13-17-3-2-4-20(15-5-9-18(23)10-6-15)21(17)16-7-11-19(24)12-8-16/h2-12,23-24H,13H2,1H3. The first kappa shape index (κ1) is 16.6. The van der Waals surface area contributed by atoms with Gasteiger partial charge in [0, 0.05) is 6.92 Å². The molecule has 3 aromatic rings. The quantitative estimate of drug-likeness (QED) is 0.690. The van der Waals surface area contributed by atoms with E-state index in [9.17, 15) is 15.0 Å². The van der Waals surface area contributed by atoms with E-state index in [-0.39, 0.29) is 24.1 Å². The molecule has 0 aliphatic rings. The van der Waals surface area contributed by atoms with Crippen LogP contribution in [-0.4, -0.2) is 16.2 Å². The van der Waals surface area contributed by atoms with E-state index in [1.165, 1.54) is 6.92 Å². The lowest BCUT2D eigenvalue weighted by Crippen LogP contribution is -2.01. The number of carbonyl (C=O) groups is 1. The second kappa shape index (κ2) is 7.09. The average molecular weight is 334 g/mol. The smallest absolute Gasteiger partial charge is 0.302 e. The third-order valence-corrected chi connectivity index (χ3v) is 3.92. The SMILES string of the molecule is CC(=O)OCc1cccc(-c2ccc(O)cc2)c1-c1ccc(O)cc1. The highest BCUT2D eigenvalue weighted by Crippen LogP contribution is 2.36. The molecule has 0 saturated heterocycles. The highest BCUT2D eigenvalue weighted by Gasteiger charge is 2.13. The van der Waals surface area contributed by atoms with Gasteiger partial charge in [-0.05, 0) is 52.1 Å². The lowest BCUT2D eigenvalue weighted by Gasteiger charge is -2.16. The van der Waals surface area contributed by atoms with Crippen LogP contribution < -0.4 is 0 Å². The number of hydrogen-bond acceptors (Lipinski definition) is 4. The predicted molar refractivity (Wildman–Crippen MR) is 96.1 cm³/mol. The number of phenolic OH excluding ortho intramolecular Hbond substituents is 2. The maximum Gasteiger partial charge on any atom is 0.302 e. The molecule has 25 heavy (non-hydrogen) atoms. The van der Waals surface area contributed by atoms with Crippen molar-refractivity contribution < 1.29 is 19.7 Å². The minimum atomic E-state index is -0.341. The third kappa shape index (κ3) is 3.80. The van der Waals surface area contributed by atoms with E-state index in [1.807, 2.05) is 42.5 Å². The Labute approximate surface area is 146 Å². The summed E-state index contributed by atoms with van der Waals surface area (Å²) in [4.78, 5) is 11.2. The Morgan fingerprint density at radius 1 is 0.840 bits per heavy atom. The van der Waals surface area contributed by atoms with Crippen LogP contribution in [0.1, 0.15) is 12.5 Å². The minimum Gasteiger partial charge on any atom is -0.508 e. The lowest BCUT2D eigenvalue weighted by molar-refractivity contribution is -0.142. The molecule has 126 valence electrons. The molecule has 0 radical (unpaired) electrons. The Balaban J connectivity index is 2.16. The van der Waals surface area contributed by atoms with Gasteiger partial charge in [-0.3, -0.25) is 4.79 Å². The van der Waals surface area contributed by atoms with Crippen LogP contribution in [0.25, 0.3) is 22.3 Å².